The van der Waals surface area contributed by atoms with E-state index >= 15 is 0 Å². The maximum absolute atomic E-state index is 12.6. The molecule has 1 saturated heterocycles. The second kappa shape index (κ2) is 8.67. The van der Waals surface area contributed by atoms with Crippen molar-refractivity contribution in [2.24, 2.45) is 0 Å². The molecule has 1 aliphatic heterocycles. The van der Waals surface area contributed by atoms with Crippen LogP contribution in [0.3, 0.4) is 0 Å². The third-order valence-corrected chi connectivity index (χ3v) is 4.97. The molecule has 0 spiro atoms. The van der Waals surface area contributed by atoms with Crippen molar-refractivity contribution in [1.29, 1.82) is 0 Å². The van der Waals surface area contributed by atoms with Gasteiger partial charge in [0.2, 0.25) is 5.91 Å². The summed E-state index contributed by atoms with van der Waals surface area (Å²) in [6.45, 7) is 1.50. The quantitative estimate of drug-likeness (QED) is 0.503. The van der Waals surface area contributed by atoms with Gasteiger partial charge >= 0.3 is 6.03 Å². The van der Waals surface area contributed by atoms with Crippen LogP contribution in [-0.2, 0) is 9.59 Å². The van der Waals surface area contributed by atoms with Crippen molar-refractivity contribution in [3.05, 3.63) is 62.7 Å². The van der Waals surface area contributed by atoms with Gasteiger partial charge in [-0.1, -0.05) is 23.7 Å². The van der Waals surface area contributed by atoms with Gasteiger partial charge in [0.05, 0.1) is 16.6 Å². The first-order valence-corrected chi connectivity index (χ1v) is 9.69. The highest BCUT2D eigenvalue weighted by molar-refractivity contribution is 9.10. The Labute approximate surface area is 180 Å². The van der Waals surface area contributed by atoms with E-state index in [-0.39, 0.29) is 5.70 Å². The molecule has 1 fully saturated rings. The summed E-state index contributed by atoms with van der Waals surface area (Å²) in [5.74, 6) is -0.613. The zero-order chi connectivity index (χ0) is 21.1. The van der Waals surface area contributed by atoms with Gasteiger partial charge in [-0.2, -0.15) is 0 Å². The van der Waals surface area contributed by atoms with E-state index in [1.54, 1.807) is 30.3 Å². The molecule has 29 heavy (non-hydrogen) atoms. The highest BCUT2D eigenvalue weighted by Crippen LogP contribution is 2.34. The van der Waals surface area contributed by atoms with Gasteiger partial charge in [0.15, 0.2) is 5.75 Å². The van der Waals surface area contributed by atoms with E-state index < -0.39 is 24.4 Å². The maximum atomic E-state index is 12.6. The number of hydrogen-bond acceptors (Lipinski definition) is 4. The fourth-order valence-electron chi connectivity index (χ4n) is 2.81. The number of anilines is 1. The molecule has 1 heterocycles. The monoisotopic (exact) mass is 477 g/mol. The largest absolute Gasteiger partial charge is 0.494 e. The number of amides is 4. The molecule has 0 saturated carbocycles. The van der Waals surface area contributed by atoms with E-state index in [1.165, 1.54) is 13.2 Å². The zero-order valence-electron chi connectivity index (χ0n) is 15.6. The van der Waals surface area contributed by atoms with E-state index in [2.05, 4.69) is 26.6 Å². The molecule has 7 nitrogen and oxygen atoms in total. The van der Waals surface area contributed by atoms with E-state index in [4.69, 9.17) is 16.3 Å². The molecule has 0 radical (unpaired) electrons. The number of nitrogens with zero attached hydrogens (tertiary/aromatic N) is 1. The number of urea groups is 1. The normalized spacial score (nSPS) is 14.9. The van der Waals surface area contributed by atoms with Crippen LogP contribution in [0, 0.1) is 6.92 Å². The Kier molecular flexibility index (Phi) is 6.24. The van der Waals surface area contributed by atoms with Crippen molar-refractivity contribution in [2.75, 3.05) is 19.0 Å². The maximum Gasteiger partial charge on any atom is 0.329 e. The highest BCUT2D eigenvalue weighted by Gasteiger charge is 2.35. The second-order valence-corrected chi connectivity index (χ2v) is 7.58. The molecule has 0 bridgehead atoms. The van der Waals surface area contributed by atoms with Gasteiger partial charge < -0.3 is 15.4 Å². The zero-order valence-corrected chi connectivity index (χ0v) is 17.9. The summed E-state index contributed by atoms with van der Waals surface area (Å²) in [4.78, 5) is 37.9. The number of methoxy groups -OCH3 is 1. The van der Waals surface area contributed by atoms with Gasteiger partial charge in [0, 0.05) is 5.69 Å². The lowest BCUT2D eigenvalue weighted by atomic mass is 10.2. The summed E-state index contributed by atoms with van der Waals surface area (Å²) in [6, 6.07) is 9.85. The first-order valence-electron chi connectivity index (χ1n) is 8.52. The second-order valence-electron chi connectivity index (χ2n) is 6.31. The van der Waals surface area contributed by atoms with Crippen molar-refractivity contribution < 1.29 is 19.1 Å². The molecule has 0 aromatic heterocycles. The minimum Gasteiger partial charge on any atom is -0.494 e. The Morgan fingerprint density at radius 2 is 2.07 bits per heavy atom. The molecular weight excluding hydrogens is 462 g/mol. The molecule has 9 heteroatoms. The van der Waals surface area contributed by atoms with Crippen LogP contribution in [0.2, 0.25) is 5.02 Å². The molecule has 4 amide bonds. The van der Waals surface area contributed by atoms with E-state index in [0.29, 0.717) is 26.5 Å². The van der Waals surface area contributed by atoms with E-state index in [1.807, 2.05) is 13.0 Å². The van der Waals surface area contributed by atoms with Crippen molar-refractivity contribution >= 4 is 57.1 Å². The third-order valence-electron chi connectivity index (χ3n) is 4.10. The Morgan fingerprint density at radius 3 is 2.72 bits per heavy atom. The van der Waals surface area contributed by atoms with Crippen molar-refractivity contribution in [2.45, 2.75) is 6.92 Å². The molecule has 3 rings (SSSR count). The Balaban J connectivity index is 1.74. The third kappa shape index (κ3) is 4.78. The summed E-state index contributed by atoms with van der Waals surface area (Å²) >= 11 is 9.49. The van der Waals surface area contributed by atoms with Gasteiger partial charge in [-0.25, -0.2) is 9.69 Å². The fraction of sp³-hybridized carbons (Fsp3) is 0.150. The first kappa shape index (κ1) is 20.9. The molecule has 150 valence electrons. The Morgan fingerprint density at radius 1 is 1.31 bits per heavy atom. The van der Waals surface area contributed by atoms with Gasteiger partial charge in [0.1, 0.15) is 12.2 Å². The number of halogens is 2. The average molecular weight is 479 g/mol. The smallest absolute Gasteiger partial charge is 0.329 e. The average Bonchev–Trinajstić information content (AvgIpc) is 2.89. The van der Waals surface area contributed by atoms with Crippen molar-refractivity contribution in [1.82, 2.24) is 10.2 Å². The van der Waals surface area contributed by atoms with Crippen LogP contribution < -0.4 is 15.4 Å². The van der Waals surface area contributed by atoms with Crippen molar-refractivity contribution in [3.63, 3.8) is 0 Å². The highest BCUT2D eigenvalue weighted by atomic mass is 79.9. The fourth-order valence-corrected chi connectivity index (χ4v) is 3.87. The number of nitrogens with one attached hydrogen (secondary N) is 2. The molecule has 0 aliphatic carbocycles. The van der Waals surface area contributed by atoms with E-state index in [0.717, 1.165) is 10.5 Å². The Hall–Kier alpha value is -2.84. The minimum absolute atomic E-state index is 0.0477. The van der Waals surface area contributed by atoms with Crippen molar-refractivity contribution in [3.8, 4) is 5.75 Å². The SMILES string of the molecule is COc1c(Cl)cc(/C=C2/NC(=O)N(CC(=O)Nc3cccc(C)c3)C2=O)cc1Br. The van der Waals surface area contributed by atoms with Crippen LogP contribution >= 0.6 is 27.5 Å². The van der Waals surface area contributed by atoms with Crippen LogP contribution in [0.5, 0.6) is 5.75 Å². The molecular formula is C20H17BrClN3O4. The first-order chi connectivity index (χ1) is 13.8. The lowest BCUT2D eigenvalue weighted by Crippen LogP contribution is -2.38. The number of rotatable bonds is 5. The van der Waals surface area contributed by atoms with Crippen LogP contribution in [0.25, 0.3) is 6.08 Å². The molecule has 0 unspecified atom stereocenters. The predicted octanol–water partition coefficient (Wildman–Crippen LogP) is 3.95. The van der Waals surface area contributed by atoms with Crippen LogP contribution in [-0.4, -0.2) is 36.4 Å². The molecule has 0 atom stereocenters. The number of hydrogen-bond donors (Lipinski definition) is 2. The number of benzene rings is 2. The number of ether oxygens (including phenoxy) is 1. The molecule has 1 aliphatic rings. The topological polar surface area (TPSA) is 87.7 Å². The number of carbonyl (C=O) groups excluding carboxylic acids is 3. The van der Waals surface area contributed by atoms with Crippen LogP contribution in [0.4, 0.5) is 10.5 Å². The van der Waals surface area contributed by atoms with Gasteiger partial charge in [0.25, 0.3) is 5.91 Å². The molecule has 2 aromatic carbocycles. The van der Waals surface area contributed by atoms with Crippen LogP contribution in [0.15, 0.2) is 46.6 Å². The summed E-state index contributed by atoms with van der Waals surface area (Å²) in [7, 11) is 1.49. The number of aryl methyl sites for hydroxylation is 1. The van der Waals surface area contributed by atoms with Gasteiger partial charge in [-0.15, -0.1) is 0 Å². The van der Waals surface area contributed by atoms with Gasteiger partial charge in [-0.3, -0.25) is 9.59 Å². The standard InChI is InChI=1S/C20H17BrClN3O4/c1-11-4-3-5-13(6-11)23-17(26)10-25-19(27)16(24-20(25)28)9-12-7-14(21)18(29-2)15(22)8-12/h3-9H,10H2,1-2H3,(H,23,26)(H,24,28)/b16-9+. The number of carbonyl (C=O) groups is 3. The van der Waals surface area contributed by atoms with E-state index in [9.17, 15) is 14.4 Å². The lowest BCUT2D eigenvalue weighted by molar-refractivity contribution is -0.127. The molecule has 2 aromatic rings. The molecule has 2 N–H and O–H groups in total. The lowest BCUT2D eigenvalue weighted by Gasteiger charge is -2.12. The summed E-state index contributed by atoms with van der Waals surface area (Å²) in [5.41, 5.74) is 2.20. The van der Waals surface area contributed by atoms with Crippen LogP contribution in [0.1, 0.15) is 11.1 Å². The predicted molar refractivity (Wildman–Crippen MR) is 114 cm³/mol. The van der Waals surface area contributed by atoms with Gasteiger partial charge in [-0.05, 0) is 64.3 Å². The minimum atomic E-state index is -0.667. The summed E-state index contributed by atoms with van der Waals surface area (Å²) in [6.07, 6.45) is 1.48. The summed E-state index contributed by atoms with van der Waals surface area (Å²) < 4.78 is 5.77. The number of imide groups is 1. The Bertz CT molecular complexity index is 1020. The summed E-state index contributed by atoms with van der Waals surface area (Å²) in [5, 5.41) is 5.50.